The van der Waals surface area contributed by atoms with Gasteiger partial charge in [-0.25, -0.2) is 4.39 Å². The number of halogens is 2. The molecule has 1 aromatic carbocycles. The molecule has 2 rings (SSSR count). The predicted molar refractivity (Wildman–Crippen MR) is 79.0 cm³/mol. The highest BCUT2D eigenvalue weighted by Gasteiger charge is 2.34. The van der Waals surface area contributed by atoms with E-state index in [1.165, 1.54) is 18.2 Å². The molecule has 1 saturated heterocycles. The van der Waals surface area contributed by atoms with Crippen molar-refractivity contribution in [2.45, 2.75) is 26.2 Å². The van der Waals surface area contributed by atoms with Crippen molar-refractivity contribution in [3.05, 3.63) is 34.1 Å². The molecule has 1 heterocycles. The van der Waals surface area contributed by atoms with Crippen molar-refractivity contribution in [2.24, 2.45) is 5.41 Å². The number of nitrogens with zero attached hydrogens (tertiary/aromatic N) is 1. The van der Waals surface area contributed by atoms with Gasteiger partial charge in [-0.05, 0) is 58.8 Å². The van der Waals surface area contributed by atoms with E-state index in [1.54, 1.807) is 4.90 Å². The number of piperidine rings is 1. The predicted octanol–water partition coefficient (Wildman–Crippen LogP) is 3.21. The molecule has 1 fully saturated rings. The quantitative estimate of drug-likeness (QED) is 0.915. The molecule has 1 aliphatic heterocycles. The largest absolute Gasteiger partial charge is 0.396 e. The first kappa shape index (κ1) is 15.4. The van der Waals surface area contributed by atoms with Gasteiger partial charge in [0, 0.05) is 24.2 Å². The van der Waals surface area contributed by atoms with Crippen LogP contribution in [0.5, 0.6) is 0 Å². The summed E-state index contributed by atoms with van der Waals surface area (Å²) in [5.74, 6) is -0.447. The Kier molecular flexibility index (Phi) is 4.81. The molecule has 1 N–H and O–H groups in total. The Morgan fingerprint density at radius 3 is 2.60 bits per heavy atom. The molecule has 0 spiro atoms. The van der Waals surface area contributed by atoms with Crippen LogP contribution >= 0.6 is 15.9 Å². The summed E-state index contributed by atoms with van der Waals surface area (Å²) >= 11 is 3.24. The van der Waals surface area contributed by atoms with Crippen LogP contribution in [0.1, 0.15) is 36.5 Å². The first-order chi connectivity index (χ1) is 9.51. The Balaban J connectivity index is 2.09. The Bertz CT molecular complexity index is 493. The summed E-state index contributed by atoms with van der Waals surface area (Å²) in [6.45, 7) is 3.52. The minimum Gasteiger partial charge on any atom is -0.396 e. The van der Waals surface area contributed by atoms with Gasteiger partial charge in [-0.3, -0.25) is 4.79 Å². The highest BCUT2D eigenvalue weighted by atomic mass is 79.9. The summed E-state index contributed by atoms with van der Waals surface area (Å²) in [6.07, 6.45) is 2.54. The third kappa shape index (κ3) is 3.04. The van der Waals surface area contributed by atoms with Crippen molar-refractivity contribution in [2.75, 3.05) is 19.7 Å². The molecule has 1 amide bonds. The van der Waals surface area contributed by atoms with Crippen LogP contribution in [0, 0.1) is 11.2 Å². The number of rotatable bonds is 3. The van der Waals surface area contributed by atoms with E-state index in [4.69, 9.17) is 0 Å². The van der Waals surface area contributed by atoms with E-state index in [9.17, 15) is 14.3 Å². The van der Waals surface area contributed by atoms with Gasteiger partial charge in [-0.2, -0.15) is 0 Å². The van der Waals surface area contributed by atoms with Crippen LogP contribution < -0.4 is 0 Å². The maximum atomic E-state index is 13.1. The van der Waals surface area contributed by atoms with E-state index in [1.807, 2.05) is 0 Å². The average molecular weight is 344 g/mol. The van der Waals surface area contributed by atoms with Crippen molar-refractivity contribution in [3.8, 4) is 0 Å². The summed E-state index contributed by atoms with van der Waals surface area (Å²) in [4.78, 5) is 14.2. The van der Waals surface area contributed by atoms with Gasteiger partial charge < -0.3 is 10.0 Å². The summed E-state index contributed by atoms with van der Waals surface area (Å²) < 4.78 is 13.5. The zero-order chi connectivity index (χ0) is 14.8. The van der Waals surface area contributed by atoms with Crippen LogP contribution in [-0.2, 0) is 0 Å². The maximum Gasteiger partial charge on any atom is 0.255 e. The molecular formula is C15H19BrFNO2. The Morgan fingerprint density at radius 2 is 2.10 bits per heavy atom. The van der Waals surface area contributed by atoms with E-state index < -0.39 is 0 Å². The number of benzene rings is 1. The lowest BCUT2D eigenvalue weighted by Gasteiger charge is -2.40. The number of amides is 1. The Hall–Kier alpha value is -0.940. The molecule has 3 nitrogen and oxygen atoms in total. The van der Waals surface area contributed by atoms with E-state index in [-0.39, 0.29) is 23.7 Å². The molecule has 1 aromatic rings. The fourth-order valence-electron chi connectivity index (χ4n) is 2.64. The molecule has 5 heteroatoms. The van der Waals surface area contributed by atoms with Gasteiger partial charge in [0.2, 0.25) is 0 Å². The molecule has 0 unspecified atom stereocenters. The van der Waals surface area contributed by atoms with Crippen LogP contribution in [0.15, 0.2) is 22.7 Å². The van der Waals surface area contributed by atoms with E-state index in [0.717, 1.165) is 19.3 Å². The lowest BCUT2D eigenvalue weighted by Crippen LogP contribution is -2.44. The van der Waals surface area contributed by atoms with Gasteiger partial charge in [0.15, 0.2) is 0 Å². The second-order valence-electron chi connectivity index (χ2n) is 5.43. The number of hydrogen-bond donors (Lipinski definition) is 1. The summed E-state index contributed by atoms with van der Waals surface area (Å²) in [5, 5.41) is 9.51. The lowest BCUT2D eigenvalue weighted by atomic mass is 9.77. The molecule has 0 aliphatic carbocycles. The molecule has 0 aromatic heterocycles. The van der Waals surface area contributed by atoms with Gasteiger partial charge >= 0.3 is 0 Å². The Labute approximate surface area is 126 Å². The first-order valence-corrected chi connectivity index (χ1v) is 7.66. The summed E-state index contributed by atoms with van der Waals surface area (Å²) in [6, 6.07) is 4.11. The number of aliphatic hydroxyl groups excluding tert-OH is 1. The third-order valence-corrected chi connectivity index (χ3v) is 5.01. The van der Waals surface area contributed by atoms with E-state index in [2.05, 4.69) is 22.9 Å². The highest BCUT2D eigenvalue weighted by molar-refractivity contribution is 9.10. The first-order valence-electron chi connectivity index (χ1n) is 6.86. The molecule has 110 valence electrons. The molecular weight excluding hydrogens is 325 g/mol. The van der Waals surface area contributed by atoms with E-state index in [0.29, 0.717) is 23.1 Å². The van der Waals surface area contributed by atoms with Crippen molar-refractivity contribution >= 4 is 21.8 Å². The molecule has 20 heavy (non-hydrogen) atoms. The Morgan fingerprint density at radius 1 is 1.45 bits per heavy atom. The van der Waals surface area contributed by atoms with Crippen LogP contribution in [0.25, 0.3) is 0 Å². The fourth-order valence-corrected chi connectivity index (χ4v) is 3.16. The molecule has 0 saturated carbocycles. The number of likely N-dealkylation sites (tertiary alicyclic amines) is 1. The van der Waals surface area contributed by atoms with Gasteiger partial charge in [0.25, 0.3) is 5.91 Å². The maximum absolute atomic E-state index is 13.1. The van der Waals surface area contributed by atoms with Crippen molar-refractivity contribution in [3.63, 3.8) is 0 Å². The zero-order valence-corrected chi connectivity index (χ0v) is 13.1. The van der Waals surface area contributed by atoms with Crippen LogP contribution in [0.4, 0.5) is 4.39 Å². The molecule has 1 aliphatic rings. The number of carbonyl (C=O) groups excluding carboxylic acids is 1. The molecule has 0 bridgehead atoms. The average Bonchev–Trinajstić information content (AvgIpc) is 2.47. The normalized spacial score (nSPS) is 18.1. The standard InChI is InChI=1S/C15H19BrFNO2/c1-2-15(10-19)5-7-18(8-6-15)14(20)12-4-3-11(17)9-13(12)16/h3-4,9,19H,2,5-8,10H2,1H3. The monoisotopic (exact) mass is 343 g/mol. The molecule has 0 radical (unpaired) electrons. The van der Waals surface area contributed by atoms with Crippen molar-refractivity contribution < 1.29 is 14.3 Å². The van der Waals surface area contributed by atoms with Crippen molar-refractivity contribution in [1.82, 2.24) is 4.90 Å². The van der Waals surface area contributed by atoms with Gasteiger partial charge in [0.1, 0.15) is 5.82 Å². The highest BCUT2D eigenvalue weighted by Crippen LogP contribution is 2.35. The SMILES string of the molecule is CCC1(CO)CCN(C(=O)c2ccc(F)cc2Br)CC1. The van der Waals surface area contributed by atoms with Gasteiger partial charge in [-0.15, -0.1) is 0 Å². The fraction of sp³-hybridized carbons (Fsp3) is 0.533. The van der Waals surface area contributed by atoms with Crippen molar-refractivity contribution in [1.29, 1.82) is 0 Å². The van der Waals surface area contributed by atoms with Crippen LogP contribution in [0.3, 0.4) is 0 Å². The number of carbonyl (C=O) groups is 1. The zero-order valence-electron chi connectivity index (χ0n) is 11.5. The minimum absolute atomic E-state index is 0.0448. The summed E-state index contributed by atoms with van der Waals surface area (Å²) in [5.41, 5.74) is 0.441. The third-order valence-electron chi connectivity index (χ3n) is 4.36. The van der Waals surface area contributed by atoms with Crippen LogP contribution in [0.2, 0.25) is 0 Å². The topological polar surface area (TPSA) is 40.5 Å². The second kappa shape index (κ2) is 6.22. The smallest absolute Gasteiger partial charge is 0.255 e. The number of hydrogen-bond acceptors (Lipinski definition) is 2. The second-order valence-corrected chi connectivity index (χ2v) is 6.28. The van der Waals surface area contributed by atoms with Crippen LogP contribution in [-0.4, -0.2) is 35.6 Å². The van der Waals surface area contributed by atoms with Gasteiger partial charge in [-0.1, -0.05) is 6.92 Å². The number of aliphatic hydroxyl groups is 1. The summed E-state index contributed by atoms with van der Waals surface area (Å²) in [7, 11) is 0. The minimum atomic E-state index is -0.364. The lowest BCUT2D eigenvalue weighted by molar-refractivity contribution is 0.0337. The molecule has 0 atom stereocenters. The van der Waals surface area contributed by atoms with E-state index >= 15 is 0 Å². The van der Waals surface area contributed by atoms with Gasteiger partial charge in [0.05, 0.1) is 5.56 Å².